The zero-order valence-electron chi connectivity index (χ0n) is 16.2. The van der Waals surface area contributed by atoms with Gasteiger partial charge in [-0.3, -0.25) is 4.90 Å². The van der Waals surface area contributed by atoms with Crippen LogP contribution in [0.4, 0.5) is 0 Å². The molecule has 1 atom stereocenters. The Hall–Kier alpha value is -2.13. The SMILES string of the molecule is CC(C)c1ccc(Cn2c(C(C)N3CCCC3)nc3ccccc32)cc1. The standard InChI is InChI=1S/C23H29N3/c1-17(2)20-12-10-19(11-13-20)16-26-22-9-5-4-8-21(22)24-23(26)18(3)25-14-6-7-15-25/h4-5,8-13,17-18H,6-7,14-16H2,1-3H3. The Labute approximate surface area is 156 Å². The molecule has 0 aliphatic carbocycles. The Morgan fingerprint density at radius 3 is 2.31 bits per heavy atom. The van der Waals surface area contributed by atoms with Crippen molar-refractivity contribution in [2.75, 3.05) is 13.1 Å². The highest BCUT2D eigenvalue weighted by Crippen LogP contribution is 2.28. The molecule has 1 fully saturated rings. The molecule has 3 heteroatoms. The van der Waals surface area contributed by atoms with E-state index in [4.69, 9.17) is 4.98 Å². The van der Waals surface area contributed by atoms with E-state index in [2.05, 4.69) is 78.8 Å². The summed E-state index contributed by atoms with van der Waals surface area (Å²) in [5.41, 5.74) is 5.08. The summed E-state index contributed by atoms with van der Waals surface area (Å²) in [5.74, 6) is 1.77. The molecular formula is C23H29N3. The van der Waals surface area contributed by atoms with Crippen LogP contribution in [0, 0.1) is 0 Å². The summed E-state index contributed by atoms with van der Waals surface area (Å²) in [6.07, 6.45) is 2.61. The fourth-order valence-corrected chi connectivity index (χ4v) is 4.06. The van der Waals surface area contributed by atoms with Crippen LogP contribution < -0.4 is 0 Å². The van der Waals surface area contributed by atoms with Crippen LogP contribution in [0.1, 0.15) is 62.5 Å². The predicted molar refractivity (Wildman–Crippen MR) is 109 cm³/mol. The number of fused-ring (bicyclic) bond motifs is 1. The first-order chi connectivity index (χ1) is 12.6. The topological polar surface area (TPSA) is 21.1 Å². The molecule has 1 unspecified atom stereocenters. The molecule has 1 saturated heterocycles. The minimum Gasteiger partial charge on any atom is -0.322 e. The molecule has 1 aliphatic rings. The first kappa shape index (κ1) is 17.3. The minimum absolute atomic E-state index is 0.361. The molecule has 0 saturated carbocycles. The number of benzene rings is 2. The van der Waals surface area contributed by atoms with E-state index in [1.165, 1.54) is 48.4 Å². The molecular weight excluding hydrogens is 318 g/mol. The Bertz CT molecular complexity index is 870. The Morgan fingerprint density at radius 1 is 0.923 bits per heavy atom. The lowest BCUT2D eigenvalue weighted by atomic mass is 10.0. The van der Waals surface area contributed by atoms with Gasteiger partial charge >= 0.3 is 0 Å². The molecule has 26 heavy (non-hydrogen) atoms. The van der Waals surface area contributed by atoms with Crippen LogP contribution in [0.2, 0.25) is 0 Å². The predicted octanol–water partition coefficient (Wildman–Crippen LogP) is 5.36. The second-order valence-electron chi connectivity index (χ2n) is 7.86. The Kier molecular flexibility index (Phi) is 4.82. The van der Waals surface area contributed by atoms with Crippen molar-refractivity contribution in [2.24, 2.45) is 0 Å². The van der Waals surface area contributed by atoms with Crippen molar-refractivity contribution in [3.05, 3.63) is 65.5 Å². The van der Waals surface area contributed by atoms with Gasteiger partial charge in [0.25, 0.3) is 0 Å². The van der Waals surface area contributed by atoms with E-state index >= 15 is 0 Å². The average molecular weight is 348 g/mol. The lowest BCUT2D eigenvalue weighted by Crippen LogP contribution is -2.26. The summed E-state index contributed by atoms with van der Waals surface area (Å²) in [4.78, 5) is 7.59. The number of imidazole rings is 1. The molecule has 0 radical (unpaired) electrons. The largest absolute Gasteiger partial charge is 0.322 e. The second-order valence-corrected chi connectivity index (χ2v) is 7.86. The third-order valence-electron chi connectivity index (χ3n) is 5.73. The van der Waals surface area contributed by atoms with Crippen LogP contribution in [-0.4, -0.2) is 27.5 Å². The van der Waals surface area contributed by atoms with Gasteiger partial charge in [0.1, 0.15) is 5.82 Å². The number of rotatable bonds is 5. The van der Waals surface area contributed by atoms with Gasteiger partial charge in [-0.2, -0.15) is 0 Å². The van der Waals surface area contributed by atoms with Gasteiger partial charge in [-0.05, 0) is 62.0 Å². The third-order valence-corrected chi connectivity index (χ3v) is 5.73. The number of likely N-dealkylation sites (tertiary alicyclic amines) is 1. The summed E-state index contributed by atoms with van der Waals surface area (Å²) in [6.45, 7) is 10.1. The molecule has 136 valence electrons. The van der Waals surface area contributed by atoms with Crippen molar-refractivity contribution >= 4 is 11.0 Å². The Morgan fingerprint density at radius 2 is 1.62 bits per heavy atom. The molecule has 0 spiro atoms. The van der Waals surface area contributed by atoms with E-state index in [0.717, 1.165) is 12.1 Å². The summed E-state index contributed by atoms with van der Waals surface area (Å²) in [5, 5.41) is 0. The van der Waals surface area contributed by atoms with E-state index in [-0.39, 0.29) is 0 Å². The Balaban J connectivity index is 1.71. The van der Waals surface area contributed by atoms with Crippen molar-refractivity contribution in [2.45, 2.75) is 52.1 Å². The monoisotopic (exact) mass is 347 g/mol. The van der Waals surface area contributed by atoms with Gasteiger partial charge in [0.05, 0.1) is 17.1 Å². The maximum atomic E-state index is 5.02. The van der Waals surface area contributed by atoms with Gasteiger partial charge in [-0.1, -0.05) is 50.2 Å². The maximum Gasteiger partial charge on any atom is 0.127 e. The third kappa shape index (κ3) is 3.28. The van der Waals surface area contributed by atoms with Crippen molar-refractivity contribution in [1.82, 2.24) is 14.5 Å². The quantitative estimate of drug-likeness (QED) is 0.619. The summed E-state index contributed by atoms with van der Waals surface area (Å²) in [6, 6.07) is 18.0. The minimum atomic E-state index is 0.361. The van der Waals surface area contributed by atoms with E-state index in [1.807, 2.05) is 0 Å². The smallest absolute Gasteiger partial charge is 0.127 e. The summed E-state index contributed by atoms with van der Waals surface area (Å²) >= 11 is 0. The fourth-order valence-electron chi connectivity index (χ4n) is 4.06. The van der Waals surface area contributed by atoms with Gasteiger partial charge in [0.15, 0.2) is 0 Å². The lowest BCUT2D eigenvalue weighted by molar-refractivity contribution is 0.249. The first-order valence-electron chi connectivity index (χ1n) is 9.91. The summed E-state index contributed by atoms with van der Waals surface area (Å²) in [7, 11) is 0. The van der Waals surface area contributed by atoms with Crippen LogP contribution >= 0.6 is 0 Å². The van der Waals surface area contributed by atoms with E-state index in [0.29, 0.717) is 12.0 Å². The number of hydrogen-bond donors (Lipinski definition) is 0. The highest BCUT2D eigenvalue weighted by atomic mass is 15.2. The molecule has 2 heterocycles. The zero-order chi connectivity index (χ0) is 18.1. The normalized spacial score (nSPS) is 16.6. The van der Waals surface area contributed by atoms with Crippen LogP contribution in [0.25, 0.3) is 11.0 Å². The van der Waals surface area contributed by atoms with E-state index in [9.17, 15) is 0 Å². The second kappa shape index (κ2) is 7.24. The van der Waals surface area contributed by atoms with Crippen LogP contribution in [0.5, 0.6) is 0 Å². The molecule has 2 aromatic carbocycles. The fraction of sp³-hybridized carbons (Fsp3) is 0.435. The molecule has 3 nitrogen and oxygen atoms in total. The van der Waals surface area contributed by atoms with Crippen LogP contribution in [0.15, 0.2) is 48.5 Å². The van der Waals surface area contributed by atoms with E-state index in [1.54, 1.807) is 0 Å². The molecule has 0 bridgehead atoms. The van der Waals surface area contributed by atoms with Gasteiger partial charge in [-0.15, -0.1) is 0 Å². The van der Waals surface area contributed by atoms with Crippen LogP contribution in [0.3, 0.4) is 0 Å². The average Bonchev–Trinajstić information content (AvgIpc) is 3.30. The number of aromatic nitrogens is 2. The van der Waals surface area contributed by atoms with Crippen LogP contribution in [-0.2, 0) is 6.54 Å². The molecule has 4 rings (SSSR count). The van der Waals surface area contributed by atoms with E-state index < -0.39 is 0 Å². The number of nitrogens with zero attached hydrogens (tertiary/aromatic N) is 3. The highest BCUT2D eigenvalue weighted by Gasteiger charge is 2.24. The van der Waals surface area contributed by atoms with Gasteiger partial charge in [0.2, 0.25) is 0 Å². The molecule has 1 aromatic heterocycles. The van der Waals surface area contributed by atoms with Crippen molar-refractivity contribution in [3.63, 3.8) is 0 Å². The summed E-state index contributed by atoms with van der Waals surface area (Å²) < 4.78 is 2.42. The number of para-hydroxylation sites is 2. The van der Waals surface area contributed by atoms with Gasteiger partial charge in [0, 0.05) is 6.54 Å². The molecule has 3 aromatic rings. The molecule has 1 aliphatic heterocycles. The zero-order valence-corrected chi connectivity index (χ0v) is 16.2. The highest BCUT2D eigenvalue weighted by molar-refractivity contribution is 5.76. The van der Waals surface area contributed by atoms with Gasteiger partial charge < -0.3 is 4.57 Å². The van der Waals surface area contributed by atoms with Gasteiger partial charge in [-0.25, -0.2) is 4.98 Å². The first-order valence-corrected chi connectivity index (χ1v) is 9.91. The molecule has 0 N–H and O–H groups in total. The lowest BCUT2D eigenvalue weighted by Gasteiger charge is -2.24. The van der Waals surface area contributed by atoms with Crippen molar-refractivity contribution in [3.8, 4) is 0 Å². The molecule has 0 amide bonds. The van der Waals surface area contributed by atoms with Crippen molar-refractivity contribution in [1.29, 1.82) is 0 Å². The maximum absolute atomic E-state index is 5.02. The number of hydrogen-bond acceptors (Lipinski definition) is 2. The van der Waals surface area contributed by atoms with Crippen molar-refractivity contribution < 1.29 is 0 Å².